The van der Waals surface area contributed by atoms with Gasteiger partial charge in [0, 0.05) is 44.4 Å². The van der Waals surface area contributed by atoms with Gasteiger partial charge in [0.15, 0.2) is 0 Å². The monoisotopic (exact) mass is 866 g/mol. The number of anilines is 3. The third kappa shape index (κ3) is 5.68. The second kappa shape index (κ2) is 14.9. The van der Waals surface area contributed by atoms with Crippen molar-refractivity contribution in [2.45, 2.75) is 82.5 Å². The third-order valence-electron chi connectivity index (χ3n) is 17.9. The summed E-state index contributed by atoms with van der Waals surface area (Å²) in [5, 5.41) is 2.56. The minimum Gasteiger partial charge on any atom is -0.310 e. The zero-order chi connectivity index (χ0) is 44.4. The summed E-state index contributed by atoms with van der Waals surface area (Å²) in [4.78, 5) is 2.59. The molecule has 2 spiro atoms. The molecule has 5 aliphatic carbocycles. The van der Waals surface area contributed by atoms with Crippen LogP contribution in [0.1, 0.15) is 93.9 Å². The fourth-order valence-electron chi connectivity index (χ4n) is 15.4. The van der Waals surface area contributed by atoms with Crippen molar-refractivity contribution in [3.8, 4) is 39.1 Å². The number of fused-ring (bicyclic) bond motifs is 16. The molecule has 2 bridgehead atoms. The lowest BCUT2D eigenvalue weighted by Gasteiger charge is -2.54. The predicted molar refractivity (Wildman–Crippen MR) is 280 cm³/mol. The second-order valence-corrected chi connectivity index (χ2v) is 21.4. The third-order valence-corrected chi connectivity index (χ3v) is 17.9. The Hall–Kier alpha value is -6.64. The first-order valence-corrected chi connectivity index (χ1v) is 25.5. The van der Waals surface area contributed by atoms with Crippen LogP contribution in [0.5, 0.6) is 0 Å². The first-order valence-electron chi connectivity index (χ1n) is 25.5. The van der Waals surface area contributed by atoms with E-state index in [1.54, 1.807) is 16.7 Å². The van der Waals surface area contributed by atoms with Crippen molar-refractivity contribution in [2.24, 2.45) is 23.7 Å². The molecule has 5 unspecified atom stereocenters. The Morgan fingerprint density at radius 1 is 0.448 bits per heavy atom. The molecule has 328 valence electrons. The van der Waals surface area contributed by atoms with Crippen LogP contribution in [-0.4, -0.2) is 4.57 Å². The SMILES string of the molecule is CC1CC2CC(C)C3(c4ccccc4-c4ccc(N(c5ccc(-c6ccc7c8ccccc8n(-c8ccccc8)c7c6)cc5)c5ccc6c(c5)-c5ccccc5C65CCCCC5)cc43)C(C1)C2. The van der Waals surface area contributed by atoms with Crippen molar-refractivity contribution in [3.63, 3.8) is 0 Å². The Labute approximate surface area is 395 Å². The molecule has 5 aliphatic rings. The van der Waals surface area contributed by atoms with Crippen molar-refractivity contribution >= 4 is 38.9 Å². The molecule has 3 saturated carbocycles. The number of nitrogens with zero attached hydrogens (tertiary/aromatic N) is 2. The lowest BCUT2D eigenvalue weighted by Crippen LogP contribution is -2.49. The summed E-state index contributed by atoms with van der Waals surface area (Å²) in [6.45, 7) is 5.12. The zero-order valence-electron chi connectivity index (χ0n) is 38.9. The van der Waals surface area contributed by atoms with Crippen molar-refractivity contribution in [3.05, 3.63) is 204 Å². The molecule has 0 saturated heterocycles. The van der Waals surface area contributed by atoms with E-state index in [-0.39, 0.29) is 10.8 Å². The number of rotatable bonds is 5. The molecule has 1 heterocycles. The Balaban J connectivity index is 0.938. The van der Waals surface area contributed by atoms with Crippen LogP contribution in [-0.2, 0) is 10.8 Å². The van der Waals surface area contributed by atoms with Crippen molar-refractivity contribution in [2.75, 3.05) is 4.90 Å². The van der Waals surface area contributed by atoms with Gasteiger partial charge in [-0.2, -0.15) is 0 Å². The molecule has 2 heteroatoms. The van der Waals surface area contributed by atoms with Gasteiger partial charge >= 0.3 is 0 Å². The minimum atomic E-state index is 0.0216. The van der Waals surface area contributed by atoms with Gasteiger partial charge in [0.05, 0.1) is 11.0 Å². The quantitative estimate of drug-likeness (QED) is 0.167. The molecule has 0 amide bonds. The number of para-hydroxylation sites is 2. The van der Waals surface area contributed by atoms with E-state index in [9.17, 15) is 0 Å². The lowest BCUT2D eigenvalue weighted by molar-refractivity contribution is 0.0426. The first kappa shape index (κ1) is 39.5. The normalized spacial score (nSPS) is 23.0. The van der Waals surface area contributed by atoms with Gasteiger partial charge < -0.3 is 9.47 Å². The molecular weight excluding hydrogens is 809 g/mol. The van der Waals surface area contributed by atoms with E-state index >= 15 is 0 Å². The summed E-state index contributed by atoms with van der Waals surface area (Å²) < 4.78 is 2.42. The average Bonchev–Trinajstić information content (AvgIpc) is 3.96. The van der Waals surface area contributed by atoms with Gasteiger partial charge in [0.25, 0.3) is 0 Å². The van der Waals surface area contributed by atoms with Gasteiger partial charge in [-0.05, 0) is 178 Å². The van der Waals surface area contributed by atoms with E-state index in [0.29, 0.717) is 11.8 Å². The van der Waals surface area contributed by atoms with Crippen molar-refractivity contribution in [1.29, 1.82) is 0 Å². The molecule has 3 fully saturated rings. The van der Waals surface area contributed by atoms with Gasteiger partial charge in [0.2, 0.25) is 0 Å². The van der Waals surface area contributed by atoms with Crippen LogP contribution >= 0.6 is 0 Å². The summed E-state index contributed by atoms with van der Waals surface area (Å²) in [5.41, 5.74) is 21.9. The minimum absolute atomic E-state index is 0.0216. The van der Waals surface area contributed by atoms with Crippen LogP contribution in [0.2, 0.25) is 0 Å². The molecule has 5 atom stereocenters. The van der Waals surface area contributed by atoms with Crippen molar-refractivity contribution < 1.29 is 0 Å². The highest BCUT2D eigenvalue weighted by atomic mass is 15.1. The highest BCUT2D eigenvalue weighted by molar-refractivity contribution is 6.10. The van der Waals surface area contributed by atoms with E-state index in [1.807, 2.05) is 0 Å². The van der Waals surface area contributed by atoms with Crippen LogP contribution in [0.15, 0.2) is 182 Å². The maximum absolute atomic E-state index is 2.65. The van der Waals surface area contributed by atoms with Gasteiger partial charge in [-0.1, -0.05) is 154 Å². The maximum Gasteiger partial charge on any atom is 0.0547 e. The summed E-state index contributed by atoms with van der Waals surface area (Å²) in [6, 6.07) is 70.1. The second-order valence-electron chi connectivity index (χ2n) is 21.4. The number of hydrogen-bond acceptors (Lipinski definition) is 1. The molecule has 9 aromatic rings. The largest absolute Gasteiger partial charge is 0.310 e. The zero-order valence-corrected chi connectivity index (χ0v) is 38.9. The molecule has 14 rings (SSSR count). The van der Waals surface area contributed by atoms with E-state index in [1.165, 1.54) is 141 Å². The molecule has 8 aromatic carbocycles. The summed E-state index contributed by atoms with van der Waals surface area (Å²) in [7, 11) is 0. The smallest absolute Gasteiger partial charge is 0.0547 e. The van der Waals surface area contributed by atoms with Crippen LogP contribution in [0.3, 0.4) is 0 Å². The van der Waals surface area contributed by atoms with Crippen LogP contribution < -0.4 is 4.90 Å². The highest BCUT2D eigenvalue weighted by Gasteiger charge is 2.56. The van der Waals surface area contributed by atoms with E-state index in [4.69, 9.17) is 0 Å². The molecule has 67 heavy (non-hydrogen) atoms. The topological polar surface area (TPSA) is 8.17 Å². The fraction of sp³-hybridized carbons (Fsp3) is 0.262. The van der Waals surface area contributed by atoms with E-state index in [2.05, 4.69) is 205 Å². The highest BCUT2D eigenvalue weighted by Crippen LogP contribution is 2.65. The standard InChI is InChI=1S/C65H58N2/c1-42-35-44-37-43(2)65(47(36-42)38-44)60-21-11-8-17-52(60)54-31-28-51(41-61(54)65)66(50-29-32-59-57(40-50)53-18-7-10-20-58(53)64(59)33-13-4-14-34-64)49-26-23-45(24-27-49)46-25-30-56-55-19-9-12-22-62(55)67(63(56)39-46)48-15-5-3-6-16-48/h3,5-12,15-32,39-44,47H,4,13-14,33-38H2,1-2H3. The average molecular weight is 867 g/mol. The van der Waals surface area contributed by atoms with Crippen LogP contribution in [0.4, 0.5) is 17.1 Å². The molecule has 2 nitrogen and oxygen atoms in total. The lowest BCUT2D eigenvalue weighted by atomic mass is 9.49. The van der Waals surface area contributed by atoms with E-state index in [0.717, 1.165) is 11.8 Å². The van der Waals surface area contributed by atoms with Gasteiger partial charge in [-0.15, -0.1) is 0 Å². The summed E-state index contributed by atoms with van der Waals surface area (Å²) in [6.07, 6.45) is 11.8. The van der Waals surface area contributed by atoms with Gasteiger partial charge in [-0.3, -0.25) is 0 Å². The predicted octanol–water partition coefficient (Wildman–Crippen LogP) is 17.5. The Bertz CT molecular complexity index is 3400. The van der Waals surface area contributed by atoms with Gasteiger partial charge in [-0.25, -0.2) is 0 Å². The fourth-order valence-corrected chi connectivity index (χ4v) is 15.4. The Morgan fingerprint density at radius 3 is 1.93 bits per heavy atom. The Morgan fingerprint density at radius 2 is 1.09 bits per heavy atom. The molecule has 1 aromatic heterocycles. The van der Waals surface area contributed by atoms with E-state index < -0.39 is 0 Å². The van der Waals surface area contributed by atoms with Crippen molar-refractivity contribution in [1.82, 2.24) is 4.57 Å². The molecule has 0 radical (unpaired) electrons. The van der Waals surface area contributed by atoms with Crippen LogP contribution in [0.25, 0.3) is 60.9 Å². The summed E-state index contributed by atoms with van der Waals surface area (Å²) >= 11 is 0. The molecule has 0 aliphatic heterocycles. The maximum atomic E-state index is 2.65. The first-order chi connectivity index (χ1) is 33.0. The van der Waals surface area contributed by atoms with Gasteiger partial charge in [0.1, 0.15) is 0 Å². The number of hydrogen-bond donors (Lipinski definition) is 0. The molecular formula is C65H58N2. The number of aromatic nitrogens is 1. The number of benzene rings is 8. The summed E-state index contributed by atoms with van der Waals surface area (Å²) in [5.74, 6) is 2.84. The Kier molecular flexibility index (Phi) is 8.81. The molecule has 0 N–H and O–H groups in total. The van der Waals surface area contributed by atoms with Crippen LogP contribution in [0, 0.1) is 23.7 Å².